The van der Waals surface area contributed by atoms with E-state index in [4.69, 9.17) is 0 Å². The van der Waals surface area contributed by atoms with E-state index in [-0.39, 0.29) is 17.7 Å². The van der Waals surface area contributed by atoms with Crippen LogP contribution < -0.4 is 5.32 Å². The Kier molecular flexibility index (Phi) is 4.80. The average molecular weight is 262 g/mol. The molecule has 0 saturated carbocycles. The van der Waals surface area contributed by atoms with Crippen molar-refractivity contribution in [2.24, 2.45) is 0 Å². The molecule has 1 heterocycles. The predicted octanol–water partition coefficient (Wildman–Crippen LogP) is 1.54. The topological polar surface area (TPSA) is 52.6 Å². The van der Waals surface area contributed by atoms with Crippen LogP contribution in [0.3, 0.4) is 0 Å². The highest BCUT2D eigenvalue weighted by atomic mass is 16.3. The van der Waals surface area contributed by atoms with Crippen LogP contribution in [0.15, 0.2) is 24.3 Å². The number of hydrogen-bond acceptors (Lipinski definition) is 3. The zero-order chi connectivity index (χ0) is 13.7. The first kappa shape index (κ1) is 13.9. The van der Waals surface area contributed by atoms with E-state index in [0.29, 0.717) is 6.42 Å². The van der Waals surface area contributed by atoms with E-state index < -0.39 is 0 Å². The SMILES string of the molecule is CN[C@H](CC(=O)N1CCCC1)Cc1ccc(O)cc1. The number of amides is 1. The number of aromatic hydroxyl groups is 1. The number of hydrogen-bond donors (Lipinski definition) is 2. The molecular formula is C15H22N2O2. The van der Waals surface area contributed by atoms with E-state index in [2.05, 4.69) is 5.32 Å². The van der Waals surface area contributed by atoms with Gasteiger partial charge in [0.1, 0.15) is 5.75 Å². The van der Waals surface area contributed by atoms with E-state index in [9.17, 15) is 9.90 Å². The fourth-order valence-electron chi connectivity index (χ4n) is 2.50. The third-order valence-corrected chi connectivity index (χ3v) is 3.71. The molecule has 2 rings (SSSR count). The highest BCUT2D eigenvalue weighted by Gasteiger charge is 2.21. The Balaban J connectivity index is 1.88. The summed E-state index contributed by atoms with van der Waals surface area (Å²) >= 11 is 0. The molecule has 0 bridgehead atoms. The fourth-order valence-corrected chi connectivity index (χ4v) is 2.50. The molecule has 0 unspecified atom stereocenters. The summed E-state index contributed by atoms with van der Waals surface area (Å²) in [6.45, 7) is 1.82. The van der Waals surface area contributed by atoms with Gasteiger partial charge in [0.25, 0.3) is 0 Å². The third-order valence-electron chi connectivity index (χ3n) is 3.71. The van der Waals surface area contributed by atoms with Gasteiger partial charge in [-0.2, -0.15) is 0 Å². The highest BCUT2D eigenvalue weighted by molar-refractivity contribution is 5.77. The standard InChI is InChI=1S/C15H22N2O2/c1-16-13(10-12-4-6-14(18)7-5-12)11-15(19)17-8-2-3-9-17/h4-7,13,16,18H,2-3,8-11H2,1H3/t13-/m0/s1. The molecule has 0 aromatic heterocycles. The molecular weight excluding hydrogens is 240 g/mol. The van der Waals surface area contributed by atoms with E-state index in [1.165, 1.54) is 0 Å². The van der Waals surface area contributed by atoms with Crippen molar-refractivity contribution in [1.82, 2.24) is 10.2 Å². The quantitative estimate of drug-likeness (QED) is 0.846. The van der Waals surface area contributed by atoms with Crippen molar-refractivity contribution in [3.05, 3.63) is 29.8 Å². The van der Waals surface area contributed by atoms with Gasteiger partial charge in [0, 0.05) is 25.6 Å². The molecule has 0 radical (unpaired) electrons. The Labute approximate surface area is 114 Å². The summed E-state index contributed by atoms with van der Waals surface area (Å²) in [6, 6.07) is 7.33. The molecule has 4 heteroatoms. The number of nitrogens with zero attached hydrogens (tertiary/aromatic N) is 1. The second kappa shape index (κ2) is 6.57. The molecule has 1 aromatic rings. The Hall–Kier alpha value is -1.55. The molecule has 1 aromatic carbocycles. The number of rotatable bonds is 5. The summed E-state index contributed by atoms with van der Waals surface area (Å²) in [5.41, 5.74) is 1.13. The molecule has 1 aliphatic heterocycles. The van der Waals surface area contributed by atoms with Gasteiger partial charge in [0.05, 0.1) is 0 Å². The Morgan fingerprint density at radius 3 is 2.53 bits per heavy atom. The lowest BCUT2D eigenvalue weighted by Gasteiger charge is -2.20. The third kappa shape index (κ3) is 3.96. The van der Waals surface area contributed by atoms with Crippen LogP contribution in [0.4, 0.5) is 0 Å². The number of carbonyl (C=O) groups is 1. The van der Waals surface area contributed by atoms with E-state index in [1.807, 2.05) is 24.1 Å². The molecule has 1 saturated heterocycles. The van der Waals surface area contributed by atoms with E-state index >= 15 is 0 Å². The van der Waals surface area contributed by atoms with Crippen LogP contribution in [-0.4, -0.2) is 42.1 Å². The van der Waals surface area contributed by atoms with Gasteiger partial charge in [-0.05, 0) is 44.0 Å². The van der Waals surface area contributed by atoms with Gasteiger partial charge < -0.3 is 15.3 Å². The minimum Gasteiger partial charge on any atom is -0.508 e. The van der Waals surface area contributed by atoms with Crippen LogP contribution in [0.5, 0.6) is 5.75 Å². The van der Waals surface area contributed by atoms with Gasteiger partial charge in [-0.1, -0.05) is 12.1 Å². The van der Waals surface area contributed by atoms with Crippen molar-refractivity contribution in [2.75, 3.05) is 20.1 Å². The molecule has 19 heavy (non-hydrogen) atoms. The van der Waals surface area contributed by atoms with Crippen LogP contribution >= 0.6 is 0 Å². The molecule has 1 atom stereocenters. The minimum atomic E-state index is 0.151. The van der Waals surface area contributed by atoms with Crippen LogP contribution in [0.25, 0.3) is 0 Å². The van der Waals surface area contributed by atoms with Crippen molar-refractivity contribution in [2.45, 2.75) is 31.7 Å². The molecule has 0 spiro atoms. The number of likely N-dealkylation sites (N-methyl/N-ethyl adjacent to an activating group) is 1. The number of phenols is 1. The van der Waals surface area contributed by atoms with Crippen molar-refractivity contribution >= 4 is 5.91 Å². The monoisotopic (exact) mass is 262 g/mol. The number of benzene rings is 1. The smallest absolute Gasteiger partial charge is 0.224 e. The summed E-state index contributed by atoms with van der Waals surface area (Å²) < 4.78 is 0. The summed E-state index contributed by atoms with van der Waals surface area (Å²) in [5.74, 6) is 0.522. The van der Waals surface area contributed by atoms with Crippen molar-refractivity contribution in [1.29, 1.82) is 0 Å². The summed E-state index contributed by atoms with van der Waals surface area (Å²) in [6.07, 6.45) is 3.61. The van der Waals surface area contributed by atoms with Crippen LogP contribution in [-0.2, 0) is 11.2 Å². The lowest BCUT2D eigenvalue weighted by Crippen LogP contribution is -2.36. The van der Waals surface area contributed by atoms with Gasteiger partial charge in [0.2, 0.25) is 5.91 Å². The lowest BCUT2D eigenvalue weighted by molar-refractivity contribution is -0.130. The fraction of sp³-hybridized carbons (Fsp3) is 0.533. The van der Waals surface area contributed by atoms with E-state index in [0.717, 1.165) is 37.9 Å². The molecule has 1 aliphatic rings. The van der Waals surface area contributed by atoms with Gasteiger partial charge >= 0.3 is 0 Å². The minimum absolute atomic E-state index is 0.151. The lowest BCUT2D eigenvalue weighted by atomic mass is 10.0. The van der Waals surface area contributed by atoms with Crippen molar-refractivity contribution in [3.63, 3.8) is 0 Å². The molecule has 1 amide bonds. The highest BCUT2D eigenvalue weighted by Crippen LogP contribution is 2.14. The zero-order valence-electron chi connectivity index (χ0n) is 11.4. The molecule has 104 valence electrons. The Bertz CT molecular complexity index is 411. The normalized spacial score (nSPS) is 16.6. The summed E-state index contributed by atoms with van der Waals surface area (Å²) in [5, 5.41) is 12.5. The number of nitrogens with one attached hydrogen (secondary N) is 1. The maximum atomic E-state index is 12.1. The van der Waals surface area contributed by atoms with Crippen LogP contribution in [0.1, 0.15) is 24.8 Å². The molecule has 2 N–H and O–H groups in total. The van der Waals surface area contributed by atoms with Crippen LogP contribution in [0.2, 0.25) is 0 Å². The molecule has 0 aliphatic carbocycles. The first-order valence-electron chi connectivity index (χ1n) is 6.92. The predicted molar refractivity (Wildman–Crippen MR) is 75.1 cm³/mol. The van der Waals surface area contributed by atoms with Crippen LogP contribution in [0, 0.1) is 0 Å². The Morgan fingerprint density at radius 2 is 1.95 bits per heavy atom. The maximum absolute atomic E-state index is 12.1. The number of likely N-dealkylation sites (tertiary alicyclic amines) is 1. The zero-order valence-corrected chi connectivity index (χ0v) is 11.4. The summed E-state index contributed by atoms with van der Waals surface area (Å²) in [4.78, 5) is 14.1. The van der Waals surface area contributed by atoms with Gasteiger partial charge in [0.15, 0.2) is 0 Å². The summed E-state index contributed by atoms with van der Waals surface area (Å²) in [7, 11) is 1.89. The average Bonchev–Trinajstić information content (AvgIpc) is 2.94. The first-order valence-corrected chi connectivity index (χ1v) is 6.92. The van der Waals surface area contributed by atoms with Gasteiger partial charge in [-0.15, -0.1) is 0 Å². The second-order valence-electron chi connectivity index (χ2n) is 5.15. The van der Waals surface area contributed by atoms with Crippen molar-refractivity contribution < 1.29 is 9.90 Å². The second-order valence-corrected chi connectivity index (χ2v) is 5.15. The Morgan fingerprint density at radius 1 is 1.32 bits per heavy atom. The van der Waals surface area contributed by atoms with Gasteiger partial charge in [-0.25, -0.2) is 0 Å². The largest absolute Gasteiger partial charge is 0.508 e. The number of carbonyl (C=O) groups excluding carboxylic acids is 1. The molecule has 4 nitrogen and oxygen atoms in total. The van der Waals surface area contributed by atoms with E-state index in [1.54, 1.807) is 12.1 Å². The van der Waals surface area contributed by atoms with Gasteiger partial charge in [-0.3, -0.25) is 4.79 Å². The molecule has 1 fully saturated rings. The maximum Gasteiger partial charge on any atom is 0.224 e. The van der Waals surface area contributed by atoms with Crippen molar-refractivity contribution in [3.8, 4) is 5.75 Å². The first-order chi connectivity index (χ1) is 9.19. The number of phenolic OH excluding ortho intramolecular Hbond substituents is 1.